The molecule has 1 N–H and O–H groups in total. The van der Waals surface area contributed by atoms with Gasteiger partial charge in [-0.1, -0.05) is 25.5 Å². The zero-order chi connectivity index (χ0) is 14.5. The lowest BCUT2D eigenvalue weighted by atomic mass is 10.1. The summed E-state index contributed by atoms with van der Waals surface area (Å²) < 4.78 is 13.4. The third kappa shape index (κ3) is 3.33. The van der Waals surface area contributed by atoms with Gasteiger partial charge in [-0.3, -0.25) is 10.1 Å². The Morgan fingerprint density at radius 1 is 1.45 bits per heavy atom. The summed E-state index contributed by atoms with van der Waals surface area (Å²) in [6.07, 6.45) is 3.59. The lowest BCUT2D eigenvalue weighted by Crippen LogP contribution is -2.33. The maximum absolute atomic E-state index is 13.4. The normalized spacial score (nSPS) is 22.6. The van der Waals surface area contributed by atoms with Crippen molar-refractivity contribution >= 4 is 17.7 Å². The molecule has 110 valence electrons. The molecule has 1 aromatic carbocycles. The maximum atomic E-state index is 13.4. The van der Waals surface area contributed by atoms with E-state index in [0.29, 0.717) is 6.54 Å². The zero-order valence-electron chi connectivity index (χ0n) is 11.9. The van der Waals surface area contributed by atoms with Crippen LogP contribution in [-0.2, 0) is 4.79 Å². The minimum absolute atomic E-state index is 0.134. The minimum Gasteiger partial charge on any atom is -0.321 e. The summed E-state index contributed by atoms with van der Waals surface area (Å²) in [5, 5.41) is 3.34. The molecule has 5 heteroatoms. The first-order valence-electron chi connectivity index (χ1n) is 6.98. The van der Waals surface area contributed by atoms with E-state index >= 15 is 0 Å². The third-order valence-corrected chi connectivity index (χ3v) is 4.12. The molecule has 1 aliphatic rings. The van der Waals surface area contributed by atoms with E-state index in [2.05, 4.69) is 12.2 Å². The second-order valence-electron chi connectivity index (χ2n) is 4.99. The lowest BCUT2D eigenvalue weighted by molar-refractivity contribution is -0.130. The Hall–Kier alpha value is -1.07. The van der Waals surface area contributed by atoms with Crippen LogP contribution >= 0.6 is 11.8 Å². The van der Waals surface area contributed by atoms with Crippen LogP contribution in [0.15, 0.2) is 24.3 Å². The minimum atomic E-state index is -0.263. The molecule has 20 heavy (non-hydrogen) atoms. The fourth-order valence-electron chi connectivity index (χ4n) is 2.56. The van der Waals surface area contributed by atoms with Crippen LogP contribution in [0.3, 0.4) is 0 Å². The van der Waals surface area contributed by atoms with E-state index in [1.807, 2.05) is 17.2 Å². The SMILES string of the molecule is CCCC1NC(c2cccc(F)c2)N(CCSC)C1=O. The fraction of sp³-hybridized carbons (Fsp3) is 0.533. The van der Waals surface area contributed by atoms with E-state index in [9.17, 15) is 9.18 Å². The Bertz CT molecular complexity index is 469. The van der Waals surface area contributed by atoms with Gasteiger partial charge in [-0.15, -0.1) is 0 Å². The number of rotatable bonds is 6. The first-order valence-corrected chi connectivity index (χ1v) is 8.37. The summed E-state index contributed by atoms with van der Waals surface area (Å²) in [4.78, 5) is 14.3. The number of hydrogen-bond acceptors (Lipinski definition) is 3. The van der Waals surface area contributed by atoms with Crippen molar-refractivity contribution in [3.8, 4) is 0 Å². The number of amides is 1. The predicted octanol–water partition coefficient (Wildman–Crippen LogP) is 2.79. The summed E-state index contributed by atoms with van der Waals surface area (Å²) in [5.41, 5.74) is 0.818. The standard InChI is InChI=1S/C15H21FN2OS/c1-3-5-13-15(19)18(8-9-20-2)14(17-13)11-6-4-7-12(16)10-11/h4,6-7,10,13-14,17H,3,5,8-9H2,1-2H3. The van der Waals surface area contributed by atoms with Crippen LogP contribution in [0.4, 0.5) is 4.39 Å². The van der Waals surface area contributed by atoms with E-state index in [1.54, 1.807) is 17.8 Å². The van der Waals surface area contributed by atoms with Crippen LogP contribution < -0.4 is 5.32 Å². The smallest absolute Gasteiger partial charge is 0.241 e. The summed E-state index contributed by atoms with van der Waals surface area (Å²) in [6, 6.07) is 6.35. The molecule has 2 unspecified atom stereocenters. The Balaban J connectivity index is 2.21. The molecule has 1 fully saturated rings. The van der Waals surface area contributed by atoms with E-state index in [4.69, 9.17) is 0 Å². The molecule has 0 radical (unpaired) electrons. The van der Waals surface area contributed by atoms with Gasteiger partial charge in [-0.25, -0.2) is 4.39 Å². The van der Waals surface area contributed by atoms with E-state index in [0.717, 1.165) is 24.2 Å². The summed E-state index contributed by atoms with van der Waals surface area (Å²) >= 11 is 1.71. The number of benzene rings is 1. The second kappa shape index (κ2) is 7.09. The Morgan fingerprint density at radius 3 is 2.90 bits per heavy atom. The highest BCUT2D eigenvalue weighted by Gasteiger charge is 2.38. The molecule has 1 saturated heterocycles. The summed E-state index contributed by atoms with van der Waals surface area (Å²) in [7, 11) is 0. The first-order chi connectivity index (χ1) is 9.67. The maximum Gasteiger partial charge on any atom is 0.241 e. The van der Waals surface area contributed by atoms with Gasteiger partial charge in [0.2, 0.25) is 5.91 Å². The highest BCUT2D eigenvalue weighted by Crippen LogP contribution is 2.27. The van der Waals surface area contributed by atoms with E-state index < -0.39 is 0 Å². The highest BCUT2D eigenvalue weighted by atomic mass is 32.2. The molecule has 2 rings (SSSR count). The lowest BCUT2D eigenvalue weighted by Gasteiger charge is -2.24. The number of nitrogens with zero attached hydrogens (tertiary/aromatic N) is 1. The van der Waals surface area contributed by atoms with Gasteiger partial charge in [0, 0.05) is 12.3 Å². The number of thioether (sulfide) groups is 1. The van der Waals surface area contributed by atoms with Gasteiger partial charge in [0.1, 0.15) is 12.0 Å². The van der Waals surface area contributed by atoms with Crippen molar-refractivity contribution < 1.29 is 9.18 Å². The summed E-state index contributed by atoms with van der Waals surface area (Å²) in [6.45, 7) is 2.76. The highest BCUT2D eigenvalue weighted by molar-refractivity contribution is 7.98. The molecule has 1 aromatic rings. The molecule has 0 spiro atoms. The first kappa shape index (κ1) is 15.3. The van der Waals surface area contributed by atoms with E-state index in [-0.39, 0.29) is 23.9 Å². The zero-order valence-corrected chi connectivity index (χ0v) is 12.8. The van der Waals surface area contributed by atoms with Gasteiger partial charge in [-0.05, 0) is 30.4 Å². The van der Waals surface area contributed by atoms with Crippen molar-refractivity contribution in [1.29, 1.82) is 0 Å². The van der Waals surface area contributed by atoms with Gasteiger partial charge in [0.25, 0.3) is 0 Å². The van der Waals surface area contributed by atoms with Crippen molar-refractivity contribution in [3.05, 3.63) is 35.6 Å². The van der Waals surface area contributed by atoms with Gasteiger partial charge < -0.3 is 4.90 Å². The summed E-state index contributed by atoms with van der Waals surface area (Å²) in [5.74, 6) is 0.758. The van der Waals surface area contributed by atoms with Gasteiger partial charge in [0.05, 0.1) is 6.04 Å². The van der Waals surface area contributed by atoms with Crippen molar-refractivity contribution in [3.63, 3.8) is 0 Å². The van der Waals surface area contributed by atoms with Crippen molar-refractivity contribution in [2.45, 2.75) is 32.0 Å². The monoisotopic (exact) mass is 296 g/mol. The molecule has 0 saturated carbocycles. The number of nitrogens with one attached hydrogen (secondary N) is 1. The van der Waals surface area contributed by atoms with Crippen LogP contribution in [0.5, 0.6) is 0 Å². The molecule has 1 amide bonds. The predicted molar refractivity (Wildman–Crippen MR) is 81.1 cm³/mol. The molecule has 2 atom stereocenters. The third-order valence-electron chi connectivity index (χ3n) is 3.53. The van der Waals surface area contributed by atoms with Crippen LogP contribution in [-0.4, -0.2) is 35.4 Å². The van der Waals surface area contributed by atoms with Gasteiger partial charge in [-0.2, -0.15) is 11.8 Å². The van der Waals surface area contributed by atoms with Gasteiger partial charge >= 0.3 is 0 Å². The molecular weight excluding hydrogens is 275 g/mol. The largest absolute Gasteiger partial charge is 0.321 e. The van der Waals surface area contributed by atoms with Gasteiger partial charge in [0.15, 0.2) is 0 Å². The molecule has 1 heterocycles. The molecule has 0 aliphatic carbocycles. The second-order valence-corrected chi connectivity index (χ2v) is 5.98. The van der Waals surface area contributed by atoms with Crippen LogP contribution in [0, 0.1) is 5.82 Å². The van der Waals surface area contributed by atoms with Crippen LogP contribution in [0.25, 0.3) is 0 Å². The molecular formula is C15H21FN2OS. The van der Waals surface area contributed by atoms with E-state index in [1.165, 1.54) is 12.1 Å². The van der Waals surface area contributed by atoms with Crippen molar-refractivity contribution in [2.75, 3.05) is 18.6 Å². The fourth-order valence-corrected chi connectivity index (χ4v) is 2.94. The van der Waals surface area contributed by atoms with Crippen LogP contribution in [0.1, 0.15) is 31.5 Å². The average Bonchev–Trinajstić information content (AvgIpc) is 2.74. The van der Waals surface area contributed by atoms with Crippen molar-refractivity contribution in [2.24, 2.45) is 0 Å². The number of halogens is 1. The quantitative estimate of drug-likeness (QED) is 0.876. The average molecular weight is 296 g/mol. The Labute approximate surface area is 123 Å². The molecule has 0 bridgehead atoms. The van der Waals surface area contributed by atoms with Crippen molar-refractivity contribution in [1.82, 2.24) is 10.2 Å². The molecule has 3 nitrogen and oxygen atoms in total. The Morgan fingerprint density at radius 2 is 2.25 bits per heavy atom. The number of carbonyl (C=O) groups excluding carboxylic acids is 1. The molecule has 0 aromatic heterocycles. The Kier molecular flexibility index (Phi) is 5.43. The molecule has 1 aliphatic heterocycles. The van der Waals surface area contributed by atoms with Crippen LogP contribution in [0.2, 0.25) is 0 Å². The number of hydrogen-bond donors (Lipinski definition) is 1. The topological polar surface area (TPSA) is 32.3 Å². The number of carbonyl (C=O) groups is 1.